The second kappa shape index (κ2) is 8.08. The van der Waals surface area contributed by atoms with Gasteiger partial charge in [0, 0.05) is 23.4 Å². The Bertz CT molecular complexity index is 858. The normalized spacial score (nSPS) is 13.5. The molecule has 3 rings (SSSR count). The van der Waals surface area contributed by atoms with Gasteiger partial charge in [-0.25, -0.2) is 4.98 Å². The first kappa shape index (κ1) is 19.4. The number of benzene rings is 1. The van der Waals surface area contributed by atoms with Gasteiger partial charge in [0.05, 0.1) is 11.4 Å². The molecule has 0 unspecified atom stereocenters. The minimum Gasteiger partial charge on any atom is -0.482 e. The highest BCUT2D eigenvalue weighted by Gasteiger charge is 2.24. The number of hydrogen-bond acceptors (Lipinski definition) is 5. The molecular weight excluding hydrogens is 362 g/mol. The number of aromatic nitrogens is 1. The Balaban J connectivity index is 1.92. The van der Waals surface area contributed by atoms with Crippen LogP contribution in [-0.2, 0) is 16.0 Å². The van der Waals surface area contributed by atoms with E-state index in [1.165, 1.54) is 11.3 Å². The first-order valence-corrected chi connectivity index (χ1v) is 10.1. The van der Waals surface area contributed by atoms with E-state index < -0.39 is 0 Å². The number of nitrogens with zero attached hydrogens (tertiary/aromatic N) is 2. The van der Waals surface area contributed by atoms with Gasteiger partial charge in [-0.1, -0.05) is 20.8 Å². The molecule has 0 saturated heterocycles. The van der Waals surface area contributed by atoms with E-state index in [2.05, 4.69) is 17.2 Å². The molecule has 0 spiro atoms. The Kier molecular flexibility index (Phi) is 5.79. The molecule has 2 amide bonds. The van der Waals surface area contributed by atoms with Crippen LogP contribution < -0.4 is 15.0 Å². The van der Waals surface area contributed by atoms with E-state index in [1.54, 1.807) is 11.9 Å². The van der Waals surface area contributed by atoms with Gasteiger partial charge in [0.1, 0.15) is 5.75 Å². The molecule has 0 radical (unpaired) electrons. The number of rotatable bonds is 6. The number of carbonyl (C=O) groups excluding carboxylic acids is 2. The number of thiazole rings is 1. The minimum absolute atomic E-state index is 0.00276. The predicted molar refractivity (Wildman–Crippen MR) is 109 cm³/mol. The highest BCUT2D eigenvalue weighted by molar-refractivity contribution is 7.16. The summed E-state index contributed by atoms with van der Waals surface area (Å²) in [7, 11) is 1.75. The molecule has 7 heteroatoms. The lowest BCUT2D eigenvalue weighted by atomic mass is 10.0. The SMILES string of the molecule is CCc1sc(NC(=O)C(CC)CC)nc1-c1ccc2c(c1)N(C)C(=O)CO2. The quantitative estimate of drug-likeness (QED) is 0.810. The molecule has 6 nitrogen and oxygen atoms in total. The van der Waals surface area contributed by atoms with Crippen molar-refractivity contribution in [3.63, 3.8) is 0 Å². The van der Waals surface area contributed by atoms with Crippen LogP contribution in [0.25, 0.3) is 11.3 Å². The Hall–Kier alpha value is -2.41. The van der Waals surface area contributed by atoms with Crippen molar-refractivity contribution in [2.45, 2.75) is 40.0 Å². The van der Waals surface area contributed by atoms with Crippen LogP contribution in [0.4, 0.5) is 10.8 Å². The zero-order valence-electron chi connectivity index (χ0n) is 16.2. The van der Waals surface area contributed by atoms with Crippen molar-refractivity contribution in [1.29, 1.82) is 0 Å². The van der Waals surface area contributed by atoms with Gasteiger partial charge in [-0.05, 0) is 37.5 Å². The molecule has 1 aliphatic heterocycles. The van der Waals surface area contributed by atoms with Crippen LogP contribution in [0.3, 0.4) is 0 Å². The summed E-state index contributed by atoms with van der Waals surface area (Å²) < 4.78 is 5.50. The maximum Gasteiger partial charge on any atom is 0.264 e. The Labute approximate surface area is 163 Å². The molecule has 0 atom stereocenters. The number of aryl methyl sites for hydroxylation is 1. The largest absolute Gasteiger partial charge is 0.482 e. The van der Waals surface area contributed by atoms with Gasteiger partial charge >= 0.3 is 0 Å². The van der Waals surface area contributed by atoms with Crippen molar-refractivity contribution in [1.82, 2.24) is 4.98 Å². The van der Waals surface area contributed by atoms with Crippen molar-refractivity contribution in [2.75, 3.05) is 23.9 Å². The van der Waals surface area contributed by atoms with Gasteiger partial charge in [-0.2, -0.15) is 0 Å². The molecule has 1 aliphatic rings. The first-order valence-electron chi connectivity index (χ1n) is 9.32. The average Bonchev–Trinajstić information content (AvgIpc) is 3.08. The minimum atomic E-state index is -0.0771. The van der Waals surface area contributed by atoms with Crippen LogP contribution in [-0.4, -0.2) is 30.5 Å². The smallest absolute Gasteiger partial charge is 0.264 e. The zero-order valence-corrected chi connectivity index (χ0v) is 17.0. The lowest BCUT2D eigenvalue weighted by molar-refractivity contribution is -0.121. The highest BCUT2D eigenvalue weighted by atomic mass is 32.1. The summed E-state index contributed by atoms with van der Waals surface area (Å²) in [4.78, 5) is 31.7. The van der Waals surface area contributed by atoms with Gasteiger partial charge in [0.25, 0.3) is 5.91 Å². The fourth-order valence-corrected chi connectivity index (χ4v) is 4.08. The third-order valence-electron chi connectivity index (χ3n) is 4.92. The van der Waals surface area contributed by atoms with Gasteiger partial charge in [0.2, 0.25) is 5.91 Å². The van der Waals surface area contributed by atoms with Crippen LogP contribution in [0, 0.1) is 5.92 Å². The number of ether oxygens (including phenoxy) is 1. The van der Waals surface area contributed by atoms with E-state index >= 15 is 0 Å². The van der Waals surface area contributed by atoms with Crippen molar-refractivity contribution >= 4 is 34.0 Å². The molecule has 0 aliphatic carbocycles. The molecule has 144 valence electrons. The van der Waals surface area contributed by atoms with Gasteiger partial charge in [-0.15, -0.1) is 11.3 Å². The third kappa shape index (κ3) is 3.83. The third-order valence-corrected chi connectivity index (χ3v) is 6.04. The van der Waals surface area contributed by atoms with E-state index in [1.807, 2.05) is 32.0 Å². The van der Waals surface area contributed by atoms with Crippen molar-refractivity contribution in [2.24, 2.45) is 5.92 Å². The standard InChI is InChI=1S/C20H25N3O3S/c1-5-12(6-2)19(25)22-20-21-18(16(7-3)27-20)13-8-9-15-14(10-13)23(4)17(24)11-26-15/h8-10,12H,5-7,11H2,1-4H3,(H,21,22,25). The summed E-state index contributed by atoms with van der Waals surface area (Å²) in [6.45, 7) is 6.17. The number of hydrogen-bond donors (Lipinski definition) is 1. The van der Waals surface area contributed by atoms with Gasteiger partial charge < -0.3 is 15.0 Å². The summed E-state index contributed by atoms with van der Waals surface area (Å²) in [6, 6.07) is 5.74. The maximum atomic E-state index is 12.4. The van der Waals surface area contributed by atoms with Crippen LogP contribution in [0.2, 0.25) is 0 Å². The van der Waals surface area contributed by atoms with E-state index in [0.717, 1.165) is 41.1 Å². The molecule has 27 heavy (non-hydrogen) atoms. The van der Waals surface area contributed by atoms with Crippen LogP contribution in [0.5, 0.6) is 5.75 Å². The fraction of sp³-hybridized carbons (Fsp3) is 0.450. The van der Waals surface area contributed by atoms with Gasteiger partial charge in [-0.3, -0.25) is 9.59 Å². The molecule has 1 N–H and O–H groups in total. The summed E-state index contributed by atoms with van der Waals surface area (Å²) in [5.74, 6) is 0.637. The van der Waals surface area contributed by atoms with Crippen LogP contribution >= 0.6 is 11.3 Å². The molecule has 1 aromatic heterocycles. The first-order chi connectivity index (χ1) is 13.0. The molecule has 0 bridgehead atoms. The van der Waals surface area contributed by atoms with Crippen LogP contribution in [0.1, 0.15) is 38.5 Å². The Morgan fingerprint density at radius 2 is 2.07 bits per heavy atom. The van der Waals surface area contributed by atoms with E-state index in [9.17, 15) is 9.59 Å². The average molecular weight is 388 g/mol. The second-order valence-corrected chi connectivity index (χ2v) is 7.65. The predicted octanol–water partition coefficient (Wildman–Crippen LogP) is 4.10. The van der Waals surface area contributed by atoms with E-state index in [0.29, 0.717) is 10.9 Å². The Morgan fingerprint density at radius 3 is 2.74 bits per heavy atom. The monoisotopic (exact) mass is 387 g/mol. The highest BCUT2D eigenvalue weighted by Crippen LogP contribution is 2.38. The fourth-order valence-electron chi connectivity index (χ4n) is 3.16. The lowest BCUT2D eigenvalue weighted by Gasteiger charge is -2.26. The molecule has 2 aromatic rings. The molecule has 0 fully saturated rings. The van der Waals surface area contributed by atoms with E-state index in [-0.39, 0.29) is 24.3 Å². The molecule has 0 saturated carbocycles. The number of amides is 2. The van der Waals surface area contributed by atoms with E-state index in [4.69, 9.17) is 4.74 Å². The molecular formula is C20H25N3O3S. The number of likely N-dealkylation sites (N-methyl/N-ethyl adjacent to an activating group) is 1. The summed E-state index contributed by atoms with van der Waals surface area (Å²) in [5, 5.41) is 3.59. The second-order valence-electron chi connectivity index (χ2n) is 6.57. The van der Waals surface area contributed by atoms with Crippen LogP contribution in [0.15, 0.2) is 18.2 Å². The van der Waals surface area contributed by atoms with Crippen molar-refractivity contribution < 1.29 is 14.3 Å². The topological polar surface area (TPSA) is 71.5 Å². The molecule has 2 heterocycles. The number of nitrogens with one attached hydrogen (secondary N) is 1. The maximum absolute atomic E-state index is 12.4. The summed E-state index contributed by atoms with van der Waals surface area (Å²) in [5.41, 5.74) is 2.49. The molecule has 1 aromatic carbocycles. The van der Waals surface area contributed by atoms with Gasteiger partial charge in [0.15, 0.2) is 11.7 Å². The zero-order chi connectivity index (χ0) is 19.6. The number of fused-ring (bicyclic) bond motifs is 1. The number of carbonyl (C=O) groups is 2. The lowest BCUT2D eigenvalue weighted by Crippen LogP contribution is -2.35. The van der Waals surface area contributed by atoms with Crippen molar-refractivity contribution in [3.8, 4) is 17.0 Å². The number of anilines is 2. The summed E-state index contributed by atoms with van der Waals surface area (Å²) in [6.07, 6.45) is 2.44. The Morgan fingerprint density at radius 1 is 1.33 bits per heavy atom. The summed E-state index contributed by atoms with van der Waals surface area (Å²) >= 11 is 1.50. The van der Waals surface area contributed by atoms with Crippen molar-refractivity contribution in [3.05, 3.63) is 23.1 Å².